The fourth-order valence-corrected chi connectivity index (χ4v) is 5.62. The van der Waals surface area contributed by atoms with Crippen LogP contribution in [-0.2, 0) is 12.1 Å². The Balaban J connectivity index is 1.35. The molecule has 0 aromatic carbocycles. The third kappa shape index (κ3) is 2.92. The number of thiophene rings is 1. The summed E-state index contributed by atoms with van der Waals surface area (Å²) in [6.45, 7) is 4.85. The molecule has 3 aromatic heterocycles. The number of aryl methyl sites for hydroxylation is 1. The summed E-state index contributed by atoms with van der Waals surface area (Å²) >= 11 is 1.73. The lowest BCUT2D eigenvalue weighted by Crippen LogP contribution is -2.35. The van der Waals surface area contributed by atoms with Crippen LogP contribution in [0.1, 0.15) is 29.7 Å². The maximum Gasteiger partial charge on any atom is 0.111 e. The first kappa shape index (κ1) is 17.1. The van der Waals surface area contributed by atoms with Crippen molar-refractivity contribution >= 4 is 11.3 Å². The van der Waals surface area contributed by atoms with Gasteiger partial charge in [0, 0.05) is 37.3 Å². The molecule has 6 heteroatoms. The molecule has 1 aliphatic carbocycles. The molecular formula is C21H24N4OS. The minimum absolute atomic E-state index is 0.254. The number of nitrogens with zero attached hydrogens (tertiary/aromatic N) is 3. The van der Waals surface area contributed by atoms with Crippen molar-refractivity contribution in [1.29, 1.82) is 0 Å². The summed E-state index contributed by atoms with van der Waals surface area (Å²) in [6.07, 6.45) is 5.69. The van der Waals surface area contributed by atoms with Gasteiger partial charge in [-0.2, -0.15) is 5.10 Å². The van der Waals surface area contributed by atoms with Crippen LogP contribution in [0.4, 0.5) is 0 Å². The monoisotopic (exact) mass is 380 g/mol. The average Bonchev–Trinajstić information content (AvgIpc) is 3.43. The lowest BCUT2D eigenvalue weighted by molar-refractivity contribution is -0.0108. The van der Waals surface area contributed by atoms with E-state index in [9.17, 15) is 5.11 Å². The molecule has 2 aliphatic rings. The second kappa shape index (κ2) is 6.55. The number of hydrogen-bond donors (Lipinski definition) is 2. The SMILES string of the molecule is Cc1ccc([C@]2(O)CC[C@H]3CN(Cc4cn[nH]c4-c4cccs4)C[C@H]32)nc1. The van der Waals surface area contributed by atoms with Crippen LogP contribution < -0.4 is 0 Å². The Morgan fingerprint density at radius 1 is 1.30 bits per heavy atom. The molecule has 5 rings (SSSR count). The van der Waals surface area contributed by atoms with E-state index >= 15 is 0 Å². The Morgan fingerprint density at radius 3 is 3.00 bits per heavy atom. The Bertz CT molecular complexity index is 920. The van der Waals surface area contributed by atoms with Crippen molar-refractivity contribution in [3.63, 3.8) is 0 Å². The summed E-state index contributed by atoms with van der Waals surface area (Å²) in [6, 6.07) is 8.26. The van der Waals surface area contributed by atoms with Crippen molar-refractivity contribution < 1.29 is 5.11 Å². The van der Waals surface area contributed by atoms with Crippen LogP contribution in [0.2, 0.25) is 0 Å². The van der Waals surface area contributed by atoms with E-state index in [1.165, 1.54) is 10.4 Å². The molecule has 2 N–H and O–H groups in total. The second-order valence-electron chi connectivity index (χ2n) is 7.99. The van der Waals surface area contributed by atoms with Gasteiger partial charge in [-0.1, -0.05) is 12.1 Å². The van der Waals surface area contributed by atoms with Crippen LogP contribution in [0.15, 0.2) is 42.0 Å². The van der Waals surface area contributed by atoms with Crippen molar-refractivity contribution in [2.45, 2.75) is 31.9 Å². The third-order valence-corrected chi connectivity index (χ3v) is 7.15. The Labute approximate surface area is 163 Å². The van der Waals surface area contributed by atoms with Crippen molar-refractivity contribution in [3.8, 4) is 10.6 Å². The number of rotatable bonds is 4. The molecule has 140 valence electrons. The molecule has 27 heavy (non-hydrogen) atoms. The van der Waals surface area contributed by atoms with E-state index in [1.54, 1.807) is 11.3 Å². The van der Waals surface area contributed by atoms with Crippen LogP contribution in [0, 0.1) is 18.8 Å². The van der Waals surface area contributed by atoms with Gasteiger partial charge >= 0.3 is 0 Å². The number of nitrogens with one attached hydrogen (secondary N) is 1. The lowest BCUT2D eigenvalue weighted by Gasteiger charge is -2.29. The minimum atomic E-state index is -0.792. The zero-order valence-corrected chi connectivity index (χ0v) is 16.2. The number of fused-ring (bicyclic) bond motifs is 1. The highest BCUT2D eigenvalue weighted by Gasteiger charge is 2.53. The van der Waals surface area contributed by atoms with Crippen molar-refractivity contribution in [1.82, 2.24) is 20.1 Å². The van der Waals surface area contributed by atoms with Gasteiger partial charge in [0.1, 0.15) is 5.60 Å². The molecule has 4 heterocycles. The Morgan fingerprint density at radius 2 is 2.22 bits per heavy atom. The van der Waals surface area contributed by atoms with Gasteiger partial charge in [-0.05, 0) is 48.8 Å². The zero-order valence-electron chi connectivity index (χ0n) is 15.4. The molecule has 1 saturated carbocycles. The lowest BCUT2D eigenvalue weighted by atomic mass is 9.85. The van der Waals surface area contributed by atoms with E-state index in [0.717, 1.165) is 49.4 Å². The zero-order chi connectivity index (χ0) is 18.4. The summed E-state index contributed by atoms with van der Waals surface area (Å²) in [5.41, 5.74) is 3.53. The van der Waals surface area contributed by atoms with Gasteiger partial charge in [-0.15, -0.1) is 11.3 Å². The minimum Gasteiger partial charge on any atom is -0.383 e. The molecule has 5 nitrogen and oxygen atoms in total. The summed E-state index contributed by atoms with van der Waals surface area (Å²) in [5.74, 6) is 0.792. The van der Waals surface area contributed by atoms with Crippen LogP contribution >= 0.6 is 11.3 Å². The molecule has 0 bridgehead atoms. The maximum absolute atomic E-state index is 11.5. The molecule has 1 saturated heterocycles. The summed E-state index contributed by atoms with van der Waals surface area (Å²) in [4.78, 5) is 8.25. The quantitative estimate of drug-likeness (QED) is 0.726. The predicted molar refractivity (Wildman–Crippen MR) is 106 cm³/mol. The van der Waals surface area contributed by atoms with Crippen molar-refractivity contribution in [2.75, 3.05) is 13.1 Å². The average molecular weight is 381 g/mol. The van der Waals surface area contributed by atoms with Gasteiger partial charge in [0.25, 0.3) is 0 Å². The van der Waals surface area contributed by atoms with E-state index in [1.807, 2.05) is 25.4 Å². The smallest absolute Gasteiger partial charge is 0.111 e. The van der Waals surface area contributed by atoms with Crippen LogP contribution in [0.3, 0.4) is 0 Å². The normalized spacial score (nSPS) is 27.9. The molecule has 1 aliphatic heterocycles. The standard InChI is InChI=1S/C21H24N4OS/c1-14-4-5-19(22-9-14)21(26)7-6-15-11-25(13-17(15)21)12-16-10-23-24-20(16)18-3-2-8-27-18/h2-5,8-10,15,17,26H,6-7,11-13H2,1H3,(H,23,24)/t15-,17+,21-/m0/s1. The van der Waals surface area contributed by atoms with E-state index < -0.39 is 5.60 Å². The molecule has 0 spiro atoms. The Hall–Kier alpha value is -2.02. The van der Waals surface area contributed by atoms with E-state index in [-0.39, 0.29) is 5.92 Å². The van der Waals surface area contributed by atoms with E-state index in [4.69, 9.17) is 0 Å². The van der Waals surface area contributed by atoms with Gasteiger partial charge in [0.2, 0.25) is 0 Å². The molecule has 0 unspecified atom stereocenters. The van der Waals surface area contributed by atoms with Gasteiger partial charge in [-0.25, -0.2) is 0 Å². The van der Waals surface area contributed by atoms with Crippen LogP contribution in [0.25, 0.3) is 10.6 Å². The van der Waals surface area contributed by atoms with Crippen LogP contribution in [-0.4, -0.2) is 38.3 Å². The van der Waals surface area contributed by atoms with Gasteiger partial charge in [0.15, 0.2) is 0 Å². The van der Waals surface area contributed by atoms with Gasteiger partial charge in [-0.3, -0.25) is 15.0 Å². The number of aliphatic hydroxyl groups is 1. The van der Waals surface area contributed by atoms with E-state index in [2.05, 4.69) is 43.7 Å². The number of likely N-dealkylation sites (tertiary alicyclic amines) is 1. The first-order valence-electron chi connectivity index (χ1n) is 9.57. The fraction of sp³-hybridized carbons (Fsp3) is 0.429. The first-order valence-corrected chi connectivity index (χ1v) is 10.5. The number of pyridine rings is 1. The molecular weight excluding hydrogens is 356 g/mol. The largest absolute Gasteiger partial charge is 0.383 e. The summed E-state index contributed by atoms with van der Waals surface area (Å²) in [7, 11) is 0. The maximum atomic E-state index is 11.5. The molecule has 3 atom stereocenters. The highest BCUT2D eigenvalue weighted by Crippen LogP contribution is 2.50. The van der Waals surface area contributed by atoms with Gasteiger partial charge in [0.05, 0.1) is 22.5 Å². The fourth-order valence-electron chi connectivity index (χ4n) is 4.86. The predicted octanol–water partition coefficient (Wildman–Crippen LogP) is 3.57. The Kier molecular flexibility index (Phi) is 4.15. The first-order chi connectivity index (χ1) is 13.1. The topological polar surface area (TPSA) is 65.0 Å². The van der Waals surface area contributed by atoms with E-state index in [0.29, 0.717) is 5.92 Å². The molecule has 0 amide bonds. The summed E-state index contributed by atoms with van der Waals surface area (Å²) in [5, 5.41) is 21.0. The summed E-state index contributed by atoms with van der Waals surface area (Å²) < 4.78 is 0. The number of aromatic nitrogens is 3. The number of hydrogen-bond acceptors (Lipinski definition) is 5. The number of aromatic amines is 1. The highest BCUT2D eigenvalue weighted by molar-refractivity contribution is 7.13. The van der Waals surface area contributed by atoms with Crippen molar-refractivity contribution in [3.05, 3.63) is 58.9 Å². The third-order valence-electron chi connectivity index (χ3n) is 6.26. The van der Waals surface area contributed by atoms with Crippen molar-refractivity contribution in [2.24, 2.45) is 11.8 Å². The molecule has 2 fully saturated rings. The second-order valence-corrected chi connectivity index (χ2v) is 8.94. The molecule has 3 aromatic rings. The van der Waals surface area contributed by atoms with Gasteiger partial charge < -0.3 is 5.11 Å². The number of H-pyrrole nitrogens is 1. The molecule has 0 radical (unpaired) electrons. The van der Waals surface area contributed by atoms with Crippen LogP contribution in [0.5, 0.6) is 0 Å². The highest BCUT2D eigenvalue weighted by atomic mass is 32.1.